The Labute approximate surface area is 107 Å². The Kier molecular flexibility index (Phi) is 4.02. The van der Waals surface area contributed by atoms with Crippen LogP contribution in [-0.2, 0) is 6.42 Å². The first-order valence-corrected chi connectivity index (χ1v) is 6.66. The highest BCUT2D eigenvalue weighted by molar-refractivity contribution is 5.89. The van der Waals surface area contributed by atoms with E-state index in [1.165, 1.54) is 5.56 Å². The first-order chi connectivity index (χ1) is 8.63. The molecule has 0 unspecified atom stereocenters. The second-order valence-corrected chi connectivity index (χ2v) is 5.04. The van der Waals surface area contributed by atoms with Crippen LogP contribution in [0.25, 0.3) is 0 Å². The first kappa shape index (κ1) is 13.1. The molecule has 0 bridgehead atoms. The lowest BCUT2D eigenvalue weighted by molar-refractivity contribution is 0.0695. The van der Waals surface area contributed by atoms with Gasteiger partial charge in [0.05, 0.1) is 11.7 Å². The van der Waals surface area contributed by atoms with Crippen LogP contribution in [0, 0.1) is 0 Å². The number of rotatable bonds is 3. The first-order valence-electron chi connectivity index (χ1n) is 6.66. The molecule has 1 aliphatic carbocycles. The van der Waals surface area contributed by atoms with Crippen molar-refractivity contribution in [1.82, 2.24) is 0 Å². The maximum Gasteiger partial charge on any atom is 0.335 e. The summed E-state index contributed by atoms with van der Waals surface area (Å²) in [4.78, 5) is 11.2. The zero-order chi connectivity index (χ0) is 13.1. The molecule has 2 rings (SSSR count). The van der Waals surface area contributed by atoms with Gasteiger partial charge in [0.15, 0.2) is 0 Å². The Morgan fingerprint density at radius 3 is 2.50 bits per heavy atom. The number of aliphatic hydroxyl groups is 1. The molecule has 0 aliphatic heterocycles. The van der Waals surface area contributed by atoms with Crippen molar-refractivity contribution in [3.05, 3.63) is 34.9 Å². The Morgan fingerprint density at radius 1 is 1.28 bits per heavy atom. The van der Waals surface area contributed by atoms with Crippen molar-refractivity contribution in [1.29, 1.82) is 0 Å². The fourth-order valence-electron chi connectivity index (χ4n) is 2.97. The van der Waals surface area contributed by atoms with Crippen LogP contribution in [0.1, 0.15) is 60.0 Å². The van der Waals surface area contributed by atoms with Crippen molar-refractivity contribution in [3.8, 4) is 0 Å². The van der Waals surface area contributed by atoms with E-state index in [2.05, 4.69) is 0 Å². The van der Waals surface area contributed by atoms with Crippen molar-refractivity contribution >= 4 is 5.97 Å². The van der Waals surface area contributed by atoms with Gasteiger partial charge in [-0.25, -0.2) is 4.79 Å². The highest BCUT2D eigenvalue weighted by atomic mass is 16.4. The molecule has 0 heterocycles. The monoisotopic (exact) mass is 248 g/mol. The second kappa shape index (κ2) is 5.53. The SMILES string of the molecule is CCc1c(C(=O)O)cccc1C1CCC(O)CC1. The molecule has 18 heavy (non-hydrogen) atoms. The third kappa shape index (κ3) is 2.56. The summed E-state index contributed by atoms with van der Waals surface area (Å²) in [6, 6.07) is 5.57. The zero-order valence-electron chi connectivity index (χ0n) is 10.7. The van der Waals surface area contributed by atoms with Gasteiger partial charge < -0.3 is 10.2 Å². The van der Waals surface area contributed by atoms with Gasteiger partial charge in [0.25, 0.3) is 0 Å². The van der Waals surface area contributed by atoms with E-state index in [1.54, 1.807) is 6.07 Å². The average molecular weight is 248 g/mol. The van der Waals surface area contributed by atoms with Gasteiger partial charge in [-0.05, 0) is 55.2 Å². The highest BCUT2D eigenvalue weighted by Gasteiger charge is 2.24. The minimum Gasteiger partial charge on any atom is -0.478 e. The van der Waals surface area contributed by atoms with Crippen molar-refractivity contribution in [2.45, 2.75) is 51.0 Å². The highest BCUT2D eigenvalue weighted by Crippen LogP contribution is 2.35. The average Bonchev–Trinajstić information content (AvgIpc) is 2.38. The lowest BCUT2D eigenvalue weighted by Gasteiger charge is -2.27. The van der Waals surface area contributed by atoms with Crippen LogP contribution >= 0.6 is 0 Å². The van der Waals surface area contributed by atoms with Gasteiger partial charge in [-0.15, -0.1) is 0 Å². The summed E-state index contributed by atoms with van der Waals surface area (Å²) in [5, 5.41) is 18.8. The Hall–Kier alpha value is -1.35. The van der Waals surface area contributed by atoms with Crippen LogP contribution in [0.2, 0.25) is 0 Å². The topological polar surface area (TPSA) is 57.5 Å². The largest absolute Gasteiger partial charge is 0.478 e. The molecule has 0 saturated heterocycles. The summed E-state index contributed by atoms with van der Waals surface area (Å²) in [6.07, 6.45) is 4.13. The molecule has 0 aromatic heterocycles. The van der Waals surface area contributed by atoms with Crippen LogP contribution in [0.5, 0.6) is 0 Å². The second-order valence-electron chi connectivity index (χ2n) is 5.04. The summed E-state index contributed by atoms with van der Waals surface area (Å²) in [6.45, 7) is 2.00. The zero-order valence-corrected chi connectivity index (χ0v) is 10.7. The van der Waals surface area contributed by atoms with Crippen molar-refractivity contribution in [3.63, 3.8) is 0 Å². The standard InChI is InChI=1S/C15H20O3/c1-2-12-13(4-3-5-14(12)15(17)18)10-6-8-11(16)9-7-10/h3-5,10-11,16H,2,6-9H2,1H3,(H,17,18). The van der Waals surface area contributed by atoms with E-state index in [-0.39, 0.29) is 6.10 Å². The number of hydrogen-bond acceptors (Lipinski definition) is 2. The van der Waals surface area contributed by atoms with Gasteiger partial charge in [-0.2, -0.15) is 0 Å². The lowest BCUT2D eigenvalue weighted by atomic mass is 9.79. The van der Waals surface area contributed by atoms with Gasteiger partial charge in [0.2, 0.25) is 0 Å². The summed E-state index contributed by atoms with van der Waals surface area (Å²) >= 11 is 0. The minimum atomic E-state index is -0.843. The van der Waals surface area contributed by atoms with Gasteiger partial charge >= 0.3 is 5.97 Å². The van der Waals surface area contributed by atoms with E-state index < -0.39 is 5.97 Å². The molecule has 1 aromatic carbocycles. The summed E-state index contributed by atoms with van der Waals surface area (Å²) in [7, 11) is 0. The van der Waals surface area contributed by atoms with Gasteiger partial charge in [-0.3, -0.25) is 0 Å². The van der Waals surface area contributed by atoms with Crippen molar-refractivity contribution < 1.29 is 15.0 Å². The lowest BCUT2D eigenvalue weighted by Crippen LogP contribution is -2.18. The number of aromatic carboxylic acids is 1. The van der Waals surface area contributed by atoms with Crippen LogP contribution in [0.4, 0.5) is 0 Å². The number of carboxylic acid groups (broad SMARTS) is 1. The molecule has 3 nitrogen and oxygen atoms in total. The third-order valence-electron chi connectivity index (χ3n) is 3.93. The van der Waals surface area contributed by atoms with E-state index in [0.717, 1.165) is 37.7 Å². The summed E-state index contributed by atoms with van der Waals surface area (Å²) in [5.74, 6) is -0.438. The van der Waals surface area contributed by atoms with Crippen LogP contribution in [0.3, 0.4) is 0 Å². The molecule has 0 amide bonds. The molecule has 2 N–H and O–H groups in total. The van der Waals surface area contributed by atoms with Crippen molar-refractivity contribution in [2.75, 3.05) is 0 Å². The van der Waals surface area contributed by atoms with Crippen LogP contribution in [0.15, 0.2) is 18.2 Å². The molecule has 0 radical (unpaired) electrons. The van der Waals surface area contributed by atoms with E-state index >= 15 is 0 Å². The molecule has 1 fully saturated rings. The van der Waals surface area contributed by atoms with E-state index in [1.807, 2.05) is 19.1 Å². The molecular weight excluding hydrogens is 228 g/mol. The Balaban J connectivity index is 2.32. The van der Waals surface area contributed by atoms with Crippen LogP contribution in [-0.4, -0.2) is 22.3 Å². The number of hydrogen-bond donors (Lipinski definition) is 2. The maximum absolute atomic E-state index is 11.2. The fourth-order valence-corrected chi connectivity index (χ4v) is 2.97. The number of carbonyl (C=O) groups is 1. The van der Waals surface area contributed by atoms with Gasteiger partial charge in [0.1, 0.15) is 0 Å². The predicted molar refractivity (Wildman–Crippen MR) is 70.0 cm³/mol. The van der Waals surface area contributed by atoms with E-state index in [4.69, 9.17) is 0 Å². The molecule has 3 heteroatoms. The van der Waals surface area contributed by atoms with Crippen molar-refractivity contribution in [2.24, 2.45) is 0 Å². The summed E-state index contributed by atoms with van der Waals surface area (Å²) in [5.41, 5.74) is 2.57. The molecule has 98 valence electrons. The quantitative estimate of drug-likeness (QED) is 0.864. The smallest absolute Gasteiger partial charge is 0.335 e. The minimum absolute atomic E-state index is 0.172. The normalized spacial score (nSPS) is 23.9. The molecule has 1 aromatic rings. The Morgan fingerprint density at radius 2 is 1.94 bits per heavy atom. The predicted octanol–water partition coefficient (Wildman–Crippen LogP) is 2.97. The summed E-state index contributed by atoms with van der Waals surface area (Å²) < 4.78 is 0. The molecule has 1 saturated carbocycles. The van der Waals surface area contributed by atoms with E-state index in [9.17, 15) is 15.0 Å². The maximum atomic E-state index is 11.2. The molecule has 1 aliphatic rings. The van der Waals surface area contributed by atoms with Gasteiger partial charge in [0, 0.05) is 0 Å². The fraction of sp³-hybridized carbons (Fsp3) is 0.533. The number of aliphatic hydroxyl groups excluding tert-OH is 1. The van der Waals surface area contributed by atoms with Crippen LogP contribution < -0.4 is 0 Å². The third-order valence-corrected chi connectivity index (χ3v) is 3.93. The van der Waals surface area contributed by atoms with Gasteiger partial charge in [-0.1, -0.05) is 19.1 Å². The Bertz CT molecular complexity index is 431. The number of benzene rings is 1. The molecule has 0 spiro atoms. The molecular formula is C15H20O3. The molecule has 0 atom stereocenters. The van der Waals surface area contributed by atoms with E-state index in [0.29, 0.717) is 11.5 Å². The number of carboxylic acids is 1.